The molecule has 0 aromatic heterocycles. The summed E-state index contributed by atoms with van der Waals surface area (Å²) in [6.45, 7) is 10.6. The van der Waals surface area contributed by atoms with Gasteiger partial charge in [0.15, 0.2) is 16.7 Å². The number of rotatable bonds is 5. The van der Waals surface area contributed by atoms with Crippen LogP contribution in [-0.2, 0) is 29.4 Å². The maximum atomic E-state index is 14.9. The van der Waals surface area contributed by atoms with Gasteiger partial charge in [-0.25, -0.2) is 9.79 Å². The van der Waals surface area contributed by atoms with Crippen molar-refractivity contribution in [2.45, 2.75) is 102 Å². The molecule has 1 saturated carbocycles. The predicted octanol–water partition coefficient (Wildman–Crippen LogP) is 6.27. The zero-order valence-corrected chi connectivity index (χ0v) is 26.6. The fourth-order valence-corrected chi connectivity index (χ4v) is 7.08. The van der Waals surface area contributed by atoms with Crippen molar-refractivity contribution in [2.24, 2.45) is 15.9 Å². The van der Waals surface area contributed by atoms with E-state index in [0.717, 1.165) is 32.1 Å². The van der Waals surface area contributed by atoms with Gasteiger partial charge in [-0.2, -0.15) is 0 Å². The minimum atomic E-state index is -1.45. The molecule has 0 bridgehead atoms. The average molecular weight is 604 g/mol. The van der Waals surface area contributed by atoms with Gasteiger partial charge in [0.05, 0.1) is 11.1 Å². The zero-order valence-electron chi connectivity index (χ0n) is 25.8. The molecule has 0 unspecified atom stereocenters. The summed E-state index contributed by atoms with van der Waals surface area (Å²) in [5.74, 6) is -2.90. The van der Waals surface area contributed by atoms with Gasteiger partial charge in [0, 0.05) is 0 Å². The summed E-state index contributed by atoms with van der Waals surface area (Å²) in [4.78, 5) is 54.7. The first-order valence-electron chi connectivity index (χ1n) is 15.1. The Labute approximate surface area is 258 Å². The topological polar surface area (TPSA) is 97.6 Å². The highest BCUT2D eigenvalue weighted by Crippen LogP contribution is 2.47. The number of thioether (sulfide) groups is 1. The predicted molar refractivity (Wildman–Crippen MR) is 169 cm³/mol. The van der Waals surface area contributed by atoms with Crippen LogP contribution in [0.1, 0.15) is 84.8 Å². The highest BCUT2D eigenvalue weighted by Gasteiger charge is 2.61. The molecule has 2 aromatic carbocycles. The summed E-state index contributed by atoms with van der Waals surface area (Å²) in [6, 6.07) is 17.4. The molecule has 1 amide bonds. The van der Waals surface area contributed by atoms with Gasteiger partial charge < -0.3 is 9.47 Å². The first-order chi connectivity index (χ1) is 20.3. The van der Waals surface area contributed by atoms with Crippen LogP contribution in [0, 0.1) is 5.92 Å². The summed E-state index contributed by atoms with van der Waals surface area (Å²) in [6.07, 6.45) is 5.05. The SMILES string of the molecule is CC(C)(C)OC(=O)[C@@H]1C(=NC2CCCCC2)SC2=NC(c3ccccc3)(c3ccccc3)C(=O)N2[C@@H]1C(=O)OC(C)(C)C. The van der Waals surface area contributed by atoms with Crippen LogP contribution < -0.4 is 0 Å². The van der Waals surface area contributed by atoms with Gasteiger partial charge >= 0.3 is 11.9 Å². The van der Waals surface area contributed by atoms with Gasteiger partial charge in [0.2, 0.25) is 0 Å². The first-order valence-corrected chi connectivity index (χ1v) is 15.9. The van der Waals surface area contributed by atoms with Crippen molar-refractivity contribution in [3.8, 4) is 0 Å². The van der Waals surface area contributed by atoms with Crippen LogP contribution in [0.4, 0.5) is 0 Å². The van der Waals surface area contributed by atoms with Crippen molar-refractivity contribution < 1.29 is 23.9 Å². The third-order valence-corrected chi connectivity index (χ3v) is 8.67. The molecule has 0 spiro atoms. The highest BCUT2D eigenvalue weighted by atomic mass is 32.2. The molecule has 3 aliphatic rings. The molecule has 2 atom stereocenters. The Morgan fingerprint density at radius 2 is 1.35 bits per heavy atom. The van der Waals surface area contributed by atoms with Gasteiger partial charge in [-0.1, -0.05) is 79.9 Å². The Bertz CT molecular complexity index is 1380. The first kappa shape index (κ1) is 31.0. The second kappa shape index (κ2) is 11.9. The summed E-state index contributed by atoms with van der Waals surface area (Å²) in [5, 5.41) is 0.764. The molecule has 228 valence electrons. The monoisotopic (exact) mass is 603 g/mol. The zero-order chi connectivity index (χ0) is 31.0. The highest BCUT2D eigenvalue weighted by molar-refractivity contribution is 8.26. The molecule has 1 aliphatic carbocycles. The summed E-state index contributed by atoms with van der Waals surface area (Å²) < 4.78 is 11.8. The van der Waals surface area contributed by atoms with Crippen molar-refractivity contribution in [3.63, 3.8) is 0 Å². The second-order valence-corrected chi connectivity index (χ2v) is 14.4. The molecule has 1 saturated heterocycles. The number of fused-ring (bicyclic) bond motifs is 1. The van der Waals surface area contributed by atoms with Gasteiger partial charge in [-0.15, -0.1) is 0 Å². The van der Waals surface area contributed by atoms with E-state index in [1.165, 1.54) is 16.7 Å². The Morgan fingerprint density at radius 3 is 1.86 bits per heavy atom. The Morgan fingerprint density at radius 1 is 0.837 bits per heavy atom. The molecular formula is C34H41N3O5S. The number of hydrogen-bond acceptors (Lipinski definition) is 8. The number of carbonyl (C=O) groups excluding carboxylic acids is 3. The lowest BCUT2D eigenvalue weighted by Crippen LogP contribution is -2.60. The molecule has 9 heteroatoms. The average Bonchev–Trinajstić information content (AvgIpc) is 3.24. The summed E-state index contributed by atoms with van der Waals surface area (Å²) in [5.41, 5.74) is -1.81. The number of hydrogen-bond donors (Lipinski definition) is 0. The van der Waals surface area contributed by atoms with Crippen molar-refractivity contribution in [1.82, 2.24) is 4.90 Å². The largest absolute Gasteiger partial charge is 0.459 e. The third-order valence-electron chi connectivity index (χ3n) is 7.63. The summed E-state index contributed by atoms with van der Waals surface area (Å²) >= 11 is 1.19. The molecule has 2 fully saturated rings. The minimum absolute atomic E-state index is 0.0118. The van der Waals surface area contributed by atoms with E-state index < -0.39 is 46.5 Å². The number of amides is 1. The van der Waals surface area contributed by atoms with Crippen LogP contribution in [0.15, 0.2) is 70.6 Å². The molecule has 43 heavy (non-hydrogen) atoms. The van der Waals surface area contributed by atoms with Crippen LogP contribution in [0.2, 0.25) is 0 Å². The maximum absolute atomic E-state index is 14.9. The van der Waals surface area contributed by atoms with Gasteiger partial charge in [-0.3, -0.25) is 19.5 Å². The van der Waals surface area contributed by atoms with E-state index >= 15 is 0 Å². The van der Waals surface area contributed by atoms with Crippen LogP contribution in [0.3, 0.4) is 0 Å². The van der Waals surface area contributed by atoms with Crippen molar-refractivity contribution in [1.29, 1.82) is 0 Å². The fraction of sp³-hybridized carbons (Fsp3) is 0.500. The van der Waals surface area contributed by atoms with Gasteiger partial charge in [-0.05, 0) is 77.3 Å². The molecule has 2 aromatic rings. The number of aliphatic imine (C=N–C) groups is 2. The maximum Gasteiger partial charge on any atom is 0.331 e. The smallest absolute Gasteiger partial charge is 0.331 e. The Balaban J connectivity index is 1.72. The van der Waals surface area contributed by atoms with E-state index in [4.69, 9.17) is 19.5 Å². The Hall–Kier alpha value is -3.46. The molecule has 5 rings (SSSR count). The molecule has 2 aliphatic heterocycles. The van der Waals surface area contributed by atoms with Crippen molar-refractivity contribution >= 4 is 39.8 Å². The third kappa shape index (κ3) is 6.42. The lowest BCUT2D eigenvalue weighted by atomic mass is 9.82. The standard InChI is InChI=1S/C34H41N3O5S/c1-32(2,3)41-28(38)25-26(29(39)42-33(4,5)6)37-30(40)34(22-16-10-7-11-17-22,23-18-12-8-13-19-23)36-31(37)43-27(25)35-24-20-14-9-15-21-24/h7-8,10-13,16-19,24-26H,9,14-15,20-21H2,1-6H3/t25-,26-/m0/s1. The number of amidine groups is 1. The van der Waals surface area contributed by atoms with Crippen molar-refractivity contribution in [2.75, 3.05) is 0 Å². The van der Waals surface area contributed by atoms with E-state index in [1.54, 1.807) is 41.5 Å². The minimum Gasteiger partial charge on any atom is -0.459 e. The molecule has 0 N–H and O–H groups in total. The molecular weight excluding hydrogens is 562 g/mol. The quantitative estimate of drug-likeness (QED) is 0.374. The van der Waals surface area contributed by atoms with Gasteiger partial charge in [0.25, 0.3) is 5.91 Å². The number of carbonyl (C=O) groups is 3. The van der Waals surface area contributed by atoms with E-state index in [1.807, 2.05) is 60.7 Å². The van der Waals surface area contributed by atoms with E-state index in [0.29, 0.717) is 21.3 Å². The van der Waals surface area contributed by atoms with Crippen LogP contribution in [0.5, 0.6) is 0 Å². The van der Waals surface area contributed by atoms with E-state index in [9.17, 15) is 14.4 Å². The molecule has 8 nitrogen and oxygen atoms in total. The number of nitrogens with zero attached hydrogens (tertiary/aromatic N) is 3. The fourth-order valence-electron chi connectivity index (χ4n) is 5.86. The normalized spacial score (nSPS) is 23.5. The number of ether oxygens (including phenoxy) is 2. The van der Waals surface area contributed by atoms with Crippen LogP contribution >= 0.6 is 11.8 Å². The van der Waals surface area contributed by atoms with E-state index in [2.05, 4.69) is 0 Å². The molecule has 0 radical (unpaired) electrons. The number of esters is 2. The van der Waals surface area contributed by atoms with Crippen LogP contribution in [-0.4, -0.2) is 56.2 Å². The second-order valence-electron chi connectivity index (χ2n) is 13.4. The van der Waals surface area contributed by atoms with E-state index in [-0.39, 0.29) is 6.04 Å². The van der Waals surface area contributed by atoms with Crippen molar-refractivity contribution in [3.05, 3.63) is 71.8 Å². The Kier molecular flexibility index (Phi) is 8.58. The number of benzene rings is 2. The lowest BCUT2D eigenvalue weighted by molar-refractivity contribution is -0.171. The lowest BCUT2D eigenvalue weighted by Gasteiger charge is -2.40. The van der Waals surface area contributed by atoms with Crippen LogP contribution in [0.25, 0.3) is 0 Å². The molecule has 2 heterocycles. The van der Waals surface area contributed by atoms with Gasteiger partial charge in [0.1, 0.15) is 17.1 Å². The summed E-state index contributed by atoms with van der Waals surface area (Å²) in [7, 11) is 0.